The molecule has 37 heavy (non-hydrogen) atoms. The molecule has 190 valence electrons. The molecule has 1 amide bonds. The van der Waals surface area contributed by atoms with E-state index in [2.05, 4.69) is 42.7 Å². The van der Waals surface area contributed by atoms with Gasteiger partial charge in [-0.1, -0.05) is 6.07 Å². The van der Waals surface area contributed by atoms with Crippen molar-refractivity contribution >= 4 is 41.1 Å². The highest BCUT2D eigenvalue weighted by Crippen LogP contribution is 2.32. The maximum Gasteiger partial charge on any atom is 0.234 e. The van der Waals surface area contributed by atoms with E-state index in [0.717, 1.165) is 55.3 Å². The topological polar surface area (TPSA) is 128 Å². The van der Waals surface area contributed by atoms with Gasteiger partial charge in [0.15, 0.2) is 16.7 Å². The van der Waals surface area contributed by atoms with Gasteiger partial charge in [-0.3, -0.25) is 9.89 Å². The van der Waals surface area contributed by atoms with E-state index in [-0.39, 0.29) is 11.8 Å². The fourth-order valence-electron chi connectivity index (χ4n) is 3.99. The number of anilines is 4. The molecule has 3 N–H and O–H groups in total. The Hall–Kier alpha value is -3.90. The average molecular weight is 518 g/mol. The van der Waals surface area contributed by atoms with Crippen molar-refractivity contribution in [3.8, 4) is 11.5 Å². The molecular formula is C25H27N9O2S. The van der Waals surface area contributed by atoms with Gasteiger partial charge in [0.1, 0.15) is 5.69 Å². The van der Waals surface area contributed by atoms with Gasteiger partial charge in [-0.25, -0.2) is 0 Å². The number of nitrogens with zero attached hydrogens (tertiary/aromatic N) is 6. The third-order valence-corrected chi connectivity index (χ3v) is 7.11. The van der Waals surface area contributed by atoms with Crippen LogP contribution in [0.2, 0.25) is 0 Å². The second-order valence-corrected chi connectivity index (χ2v) is 10.2. The summed E-state index contributed by atoms with van der Waals surface area (Å²) in [7, 11) is 2.11. The molecule has 3 aromatic heterocycles. The molecule has 2 fully saturated rings. The highest BCUT2D eigenvalue weighted by atomic mass is 32.2. The molecule has 0 bridgehead atoms. The van der Waals surface area contributed by atoms with Crippen molar-refractivity contribution in [1.29, 1.82) is 0 Å². The van der Waals surface area contributed by atoms with E-state index in [4.69, 9.17) is 14.4 Å². The van der Waals surface area contributed by atoms with Crippen LogP contribution in [0.3, 0.4) is 0 Å². The molecule has 1 aromatic carbocycles. The molecule has 2 aliphatic rings. The Kier molecular flexibility index (Phi) is 6.49. The van der Waals surface area contributed by atoms with Crippen LogP contribution in [0.15, 0.2) is 63.2 Å². The van der Waals surface area contributed by atoms with Gasteiger partial charge in [0.25, 0.3) is 0 Å². The number of hydrogen-bond donors (Lipinski definition) is 3. The number of nitrogens with one attached hydrogen (secondary N) is 3. The third kappa shape index (κ3) is 5.75. The first kappa shape index (κ1) is 23.5. The standard InChI is InChI=1S/C25H27N9O2S/c1-33-9-11-34(12-10-33)24-28-23(27-21-15-19(31-32-21)20-6-3-13-36-20)29-25(30-24)37-18-5-2-4-17(14-18)26-22(35)16-7-8-16/h2-6,13-16H,7-12H2,1H3,(H,26,35)(H2,27,28,29,30,31,32). The third-order valence-electron chi connectivity index (χ3n) is 6.25. The summed E-state index contributed by atoms with van der Waals surface area (Å²) in [6.45, 7) is 3.53. The zero-order chi connectivity index (χ0) is 25.2. The van der Waals surface area contributed by atoms with Gasteiger partial charge in [-0.2, -0.15) is 20.1 Å². The summed E-state index contributed by atoms with van der Waals surface area (Å²) in [5.74, 6) is 2.52. The second-order valence-electron chi connectivity index (χ2n) is 9.19. The van der Waals surface area contributed by atoms with E-state index in [1.165, 1.54) is 11.8 Å². The number of rotatable bonds is 8. The molecule has 11 nitrogen and oxygen atoms in total. The fourth-order valence-corrected chi connectivity index (χ4v) is 4.79. The monoisotopic (exact) mass is 517 g/mol. The fraction of sp³-hybridized carbons (Fsp3) is 0.320. The molecule has 4 heterocycles. The molecule has 1 aliphatic heterocycles. The number of hydrogen-bond acceptors (Lipinski definition) is 10. The van der Waals surface area contributed by atoms with Gasteiger partial charge in [0.2, 0.25) is 17.8 Å². The highest BCUT2D eigenvalue weighted by molar-refractivity contribution is 7.99. The number of furan rings is 1. The highest BCUT2D eigenvalue weighted by Gasteiger charge is 2.29. The van der Waals surface area contributed by atoms with Crippen LogP contribution >= 0.6 is 11.8 Å². The molecule has 1 aliphatic carbocycles. The minimum Gasteiger partial charge on any atom is -0.463 e. The first-order valence-corrected chi connectivity index (χ1v) is 13.1. The first-order chi connectivity index (χ1) is 18.1. The molecule has 0 spiro atoms. The van der Waals surface area contributed by atoms with Crippen molar-refractivity contribution in [3.63, 3.8) is 0 Å². The Morgan fingerprint density at radius 3 is 2.73 bits per heavy atom. The normalized spacial score (nSPS) is 16.1. The molecule has 12 heteroatoms. The van der Waals surface area contributed by atoms with Crippen LogP contribution in [0.1, 0.15) is 12.8 Å². The van der Waals surface area contributed by atoms with E-state index >= 15 is 0 Å². The van der Waals surface area contributed by atoms with Crippen molar-refractivity contribution in [2.45, 2.75) is 22.9 Å². The molecule has 0 atom stereocenters. The molecule has 0 unspecified atom stereocenters. The summed E-state index contributed by atoms with van der Waals surface area (Å²) in [5.41, 5.74) is 1.52. The molecule has 6 rings (SSSR count). The Bertz CT molecular complexity index is 1380. The Labute approximate surface area is 218 Å². The zero-order valence-corrected chi connectivity index (χ0v) is 21.2. The predicted molar refractivity (Wildman–Crippen MR) is 141 cm³/mol. The molecule has 1 saturated heterocycles. The number of likely N-dealkylation sites (N-methyl/N-ethyl adjacent to an activating group) is 1. The van der Waals surface area contributed by atoms with Crippen LogP contribution in [0, 0.1) is 5.92 Å². The van der Waals surface area contributed by atoms with Gasteiger partial charge in [0.05, 0.1) is 6.26 Å². The average Bonchev–Trinajstić information content (AvgIpc) is 3.40. The first-order valence-electron chi connectivity index (χ1n) is 12.2. The summed E-state index contributed by atoms with van der Waals surface area (Å²) < 4.78 is 5.45. The SMILES string of the molecule is CN1CCN(c2nc(Nc3cc(-c4ccco4)[nH]n3)nc(Sc3cccc(NC(=O)C4CC4)c3)n2)CC1. The number of aromatic nitrogens is 5. The van der Waals surface area contributed by atoms with Crippen molar-refractivity contribution in [2.75, 3.05) is 48.8 Å². The maximum atomic E-state index is 12.2. The summed E-state index contributed by atoms with van der Waals surface area (Å²) in [5, 5.41) is 14.1. The minimum absolute atomic E-state index is 0.0825. The number of amides is 1. The smallest absolute Gasteiger partial charge is 0.234 e. The Morgan fingerprint density at radius 2 is 1.95 bits per heavy atom. The van der Waals surface area contributed by atoms with Gasteiger partial charge in [-0.15, -0.1) is 0 Å². The summed E-state index contributed by atoms with van der Waals surface area (Å²) in [6.07, 6.45) is 3.55. The number of H-pyrrole nitrogens is 1. The van der Waals surface area contributed by atoms with Crippen LogP contribution in [-0.4, -0.2) is 69.2 Å². The van der Waals surface area contributed by atoms with Gasteiger partial charge < -0.3 is 24.9 Å². The second kappa shape index (κ2) is 10.2. The largest absolute Gasteiger partial charge is 0.463 e. The van der Waals surface area contributed by atoms with Crippen molar-refractivity contribution < 1.29 is 9.21 Å². The van der Waals surface area contributed by atoms with Gasteiger partial charge >= 0.3 is 0 Å². The molecular weight excluding hydrogens is 490 g/mol. The van der Waals surface area contributed by atoms with Crippen molar-refractivity contribution in [1.82, 2.24) is 30.0 Å². The van der Waals surface area contributed by atoms with Crippen LogP contribution < -0.4 is 15.5 Å². The zero-order valence-electron chi connectivity index (χ0n) is 20.3. The summed E-state index contributed by atoms with van der Waals surface area (Å²) in [4.78, 5) is 31.7. The summed E-state index contributed by atoms with van der Waals surface area (Å²) in [6, 6.07) is 13.3. The van der Waals surface area contributed by atoms with Crippen LogP contribution in [0.5, 0.6) is 0 Å². The van der Waals surface area contributed by atoms with E-state index in [1.807, 2.05) is 42.5 Å². The molecule has 4 aromatic rings. The lowest BCUT2D eigenvalue weighted by molar-refractivity contribution is -0.117. The number of carbonyl (C=O) groups is 1. The summed E-state index contributed by atoms with van der Waals surface area (Å²) >= 11 is 1.43. The van der Waals surface area contributed by atoms with Crippen molar-refractivity contribution in [2.24, 2.45) is 5.92 Å². The minimum atomic E-state index is 0.0825. The number of piperazine rings is 1. The molecule has 1 saturated carbocycles. The Morgan fingerprint density at radius 1 is 1.08 bits per heavy atom. The van der Waals surface area contributed by atoms with E-state index < -0.39 is 0 Å². The van der Waals surface area contributed by atoms with Gasteiger partial charge in [0, 0.05) is 48.7 Å². The van der Waals surface area contributed by atoms with Crippen molar-refractivity contribution in [3.05, 3.63) is 48.7 Å². The maximum absolute atomic E-state index is 12.2. The van der Waals surface area contributed by atoms with E-state index in [0.29, 0.717) is 28.6 Å². The predicted octanol–water partition coefficient (Wildman–Crippen LogP) is 3.85. The van der Waals surface area contributed by atoms with Crippen LogP contribution in [0.25, 0.3) is 11.5 Å². The number of carbonyl (C=O) groups excluding carboxylic acids is 1. The molecule has 0 radical (unpaired) electrons. The lowest BCUT2D eigenvalue weighted by Gasteiger charge is -2.32. The van der Waals surface area contributed by atoms with Gasteiger partial charge in [-0.05, 0) is 62.0 Å². The lowest BCUT2D eigenvalue weighted by atomic mass is 10.3. The Balaban J connectivity index is 1.25. The number of benzene rings is 1. The number of aromatic amines is 1. The van der Waals surface area contributed by atoms with E-state index in [9.17, 15) is 4.79 Å². The van der Waals surface area contributed by atoms with E-state index in [1.54, 1.807) is 6.26 Å². The lowest BCUT2D eigenvalue weighted by Crippen LogP contribution is -2.45. The van der Waals surface area contributed by atoms with Crippen LogP contribution in [0.4, 0.5) is 23.4 Å². The van der Waals surface area contributed by atoms with Crippen LogP contribution in [-0.2, 0) is 4.79 Å². The quantitative estimate of drug-likeness (QED) is 0.317.